The summed E-state index contributed by atoms with van der Waals surface area (Å²) in [7, 11) is 1.83. The van der Waals surface area contributed by atoms with Crippen LogP contribution >= 0.6 is 0 Å². The maximum absolute atomic E-state index is 14.8. The van der Waals surface area contributed by atoms with Crippen LogP contribution in [0.1, 0.15) is 51.7 Å². The van der Waals surface area contributed by atoms with Crippen LogP contribution in [0.3, 0.4) is 0 Å². The molecule has 1 atom stereocenters. The smallest absolute Gasteiger partial charge is 0.173 e. The number of alkyl halides is 1. The van der Waals surface area contributed by atoms with Gasteiger partial charge in [-0.2, -0.15) is 0 Å². The number of halogens is 1. The third-order valence-corrected chi connectivity index (χ3v) is 7.15. The molecule has 1 aromatic carbocycles. The molecule has 206 valence electrons. The maximum atomic E-state index is 14.8. The molecule has 1 unspecified atom stereocenters. The van der Waals surface area contributed by atoms with Crippen molar-refractivity contribution in [1.29, 1.82) is 0 Å². The van der Waals surface area contributed by atoms with Crippen LogP contribution in [0.15, 0.2) is 66.9 Å². The van der Waals surface area contributed by atoms with Gasteiger partial charge in [-0.3, -0.25) is 4.90 Å². The van der Waals surface area contributed by atoms with Crippen LogP contribution in [0, 0.1) is 5.92 Å². The molecule has 1 aromatic rings. The average molecular weight is 513 g/mol. The van der Waals surface area contributed by atoms with E-state index in [4.69, 9.17) is 5.73 Å². The molecule has 0 aliphatic carbocycles. The largest absolute Gasteiger partial charge is 0.401 e. The van der Waals surface area contributed by atoms with Crippen LogP contribution in [-0.4, -0.2) is 67.3 Å². The first kappa shape index (κ1) is 30.3. The van der Waals surface area contributed by atoms with Crippen molar-refractivity contribution in [1.82, 2.24) is 25.3 Å². The fraction of sp³-hybridized carbons (Fsp3) is 0.533. The molecule has 2 aliphatic rings. The van der Waals surface area contributed by atoms with Crippen LogP contribution in [0.4, 0.5) is 4.39 Å². The summed E-state index contributed by atoms with van der Waals surface area (Å²) in [5, 5.41) is 6.68. The lowest BCUT2D eigenvalue weighted by Gasteiger charge is -2.35. The summed E-state index contributed by atoms with van der Waals surface area (Å²) >= 11 is 0. The lowest BCUT2D eigenvalue weighted by Crippen LogP contribution is -2.39. The van der Waals surface area contributed by atoms with Crippen molar-refractivity contribution in [3.63, 3.8) is 0 Å². The molecule has 2 heterocycles. The lowest BCUT2D eigenvalue weighted by atomic mass is 9.96. The molecular weight excluding hydrogens is 463 g/mol. The third-order valence-electron chi connectivity index (χ3n) is 7.15. The molecule has 1 saturated heterocycles. The Labute approximate surface area is 224 Å². The molecule has 7 heteroatoms. The molecular formula is C30H49FN6. The van der Waals surface area contributed by atoms with E-state index in [1.54, 1.807) is 4.90 Å². The summed E-state index contributed by atoms with van der Waals surface area (Å²) in [6.07, 6.45) is 5.66. The molecule has 37 heavy (non-hydrogen) atoms. The molecule has 6 nitrogen and oxygen atoms in total. The quantitative estimate of drug-likeness (QED) is 0.245. The number of nitrogens with one attached hydrogen (secondary N) is 2. The molecule has 3 rings (SSSR count). The first-order chi connectivity index (χ1) is 17.3. The van der Waals surface area contributed by atoms with Gasteiger partial charge in [0.05, 0.1) is 0 Å². The fourth-order valence-electron chi connectivity index (χ4n) is 4.74. The van der Waals surface area contributed by atoms with Crippen LogP contribution in [-0.2, 0) is 6.54 Å². The normalized spacial score (nSPS) is 17.0. The number of rotatable bonds is 14. The summed E-state index contributed by atoms with van der Waals surface area (Å²) in [5.41, 5.74) is 11.1. The van der Waals surface area contributed by atoms with Crippen LogP contribution in [0.5, 0.6) is 0 Å². The van der Waals surface area contributed by atoms with Crippen molar-refractivity contribution in [3.05, 3.63) is 78.0 Å². The molecule has 0 spiro atoms. The van der Waals surface area contributed by atoms with Crippen molar-refractivity contribution >= 4 is 5.57 Å². The molecule has 0 bridgehead atoms. The molecule has 4 N–H and O–H groups in total. The van der Waals surface area contributed by atoms with Gasteiger partial charge in [0.15, 0.2) is 6.30 Å². The van der Waals surface area contributed by atoms with E-state index >= 15 is 0 Å². The second-order valence-corrected chi connectivity index (χ2v) is 10.0. The Morgan fingerprint density at radius 2 is 1.89 bits per heavy atom. The van der Waals surface area contributed by atoms with Crippen LogP contribution in [0.2, 0.25) is 0 Å². The predicted molar refractivity (Wildman–Crippen MR) is 156 cm³/mol. The van der Waals surface area contributed by atoms with Gasteiger partial charge in [0.25, 0.3) is 0 Å². The minimum Gasteiger partial charge on any atom is -0.401 e. The SMILES string of the molecule is C.C=C(N)CN1CCC(CNC(=C)/C=C(/N(CC)Cc2ccc(C3=CNC3)cc2)N(C)C(F)CC)CC1. The topological polar surface area (TPSA) is 59.8 Å². The van der Waals surface area contributed by atoms with E-state index in [-0.39, 0.29) is 7.43 Å². The molecule has 1 fully saturated rings. The zero-order valence-electron chi connectivity index (χ0n) is 22.4. The Balaban J connectivity index is 0.00000481. The highest BCUT2D eigenvalue weighted by Crippen LogP contribution is 2.23. The van der Waals surface area contributed by atoms with Crippen molar-refractivity contribution in [2.45, 2.75) is 53.4 Å². The number of piperidine rings is 1. The summed E-state index contributed by atoms with van der Waals surface area (Å²) < 4.78 is 14.8. The Morgan fingerprint density at radius 1 is 1.24 bits per heavy atom. The van der Waals surface area contributed by atoms with Gasteiger partial charge in [-0.1, -0.05) is 51.8 Å². The molecule has 0 radical (unpaired) electrons. The molecule has 0 aromatic heterocycles. The summed E-state index contributed by atoms with van der Waals surface area (Å²) in [6.45, 7) is 18.2. The van der Waals surface area contributed by atoms with Gasteiger partial charge >= 0.3 is 0 Å². The average Bonchev–Trinajstić information content (AvgIpc) is 2.84. The van der Waals surface area contributed by atoms with Crippen LogP contribution in [0.25, 0.3) is 5.57 Å². The minimum absolute atomic E-state index is 0. The van der Waals surface area contributed by atoms with Crippen LogP contribution < -0.4 is 16.4 Å². The van der Waals surface area contributed by atoms with Crippen molar-refractivity contribution < 1.29 is 4.39 Å². The standard InChI is InChI=1S/C29H45FN6.CH4/c1-6-28(30)34(5)29(16-23(4)33-17-24-12-14-35(15-13-24)20-22(3)31)36(7-2)21-25-8-10-26(11-9-25)27-18-32-19-27;/h8-11,16,18,24,28,32-33H,3-4,6-7,12-15,17,19-21,31H2,1-2,5H3;1H4/b29-16+;. The van der Waals surface area contributed by atoms with Gasteiger partial charge in [-0.05, 0) is 61.9 Å². The number of allylic oxidation sites excluding steroid dienone is 1. The van der Waals surface area contributed by atoms with E-state index in [1.807, 2.05) is 20.0 Å². The zero-order valence-corrected chi connectivity index (χ0v) is 22.4. The van der Waals surface area contributed by atoms with Gasteiger partial charge in [0.2, 0.25) is 0 Å². The Kier molecular flexibility index (Phi) is 12.1. The Morgan fingerprint density at radius 3 is 2.41 bits per heavy atom. The highest BCUT2D eigenvalue weighted by Gasteiger charge is 2.21. The van der Waals surface area contributed by atoms with Gasteiger partial charge < -0.3 is 26.2 Å². The number of hydrogen-bond acceptors (Lipinski definition) is 6. The Hall–Kier alpha value is -2.93. The monoisotopic (exact) mass is 512 g/mol. The first-order valence-corrected chi connectivity index (χ1v) is 13.2. The van der Waals surface area contributed by atoms with E-state index in [1.165, 1.54) is 16.7 Å². The predicted octanol–water partition coefficient (Wildman–Crippen LogP) is 4.86. The number of nitrogens with two attached hydrogens (primary N) is 1. The summed E-state index contributed by atoms with van der Waals surface area (Å²) in [6, 6.07) is 8.67. The van der Waals surface area contributed by atoms with E-state index in [9.17, 15) is 4.39 Å². The zero-order chi connectivity index (χ0) is 26.1. The number of hydrogen-bond donors (Lipinski definition) is 3. The minimum atomic E-state index is -1.06. The first-order valence-electron chi connectivity index (χ1n) is 13.2. The highest BCUT2D eigenvalue weighted by molar-refractivity contribution is 5.70. The fourth-order valence-corrected chi connectivity index (χ4v) is 4.74. The van der Waals surface area contributed by atoms with E-state index < -0.39 is 6.30 Å². The molecule has 2 aliphatic heterocycles. The highest BCUT2D eigenvalue weighted by atomic mass is 19.1. The van der Waals surface area contributed by atoms with E-state index in [2.05, 4.69) is 71.0 Å². The van der Waals surface area contributed by atoms with Crippen molar-refractivity contribution in [2.24, 2.45) is 11.7 Å². The molecule has 0 saturated carbocycles. The van der Waals surface area contributed by atoms with Gasteiger partial charge in [-0.25, -0.2) is 4.39 Å². The van der Waals surface area contributed by atoms with E-state index in [0.29, 0.717) is 18.9 Å². The van der Waals surface area contributed by atoms with Gasteiger partial charge in [-0.15, -0.1) is 0 Å². The number of nitrogens with zero attached hydrogens (tertiary/aromatic N) is 3. The van der Waals surface area contributed by atoms with Gasteiger partial charge in [0, 0.05) is 63.4 Å². The Bertz CT molecular complexity index is 930. The maximum Gasteiger partial charge on any atom is 0.173 e. The number of benzene rings is 1. The van der Waals surface area contributed by atoms with Gasteiger partial charge in [0.1, 0.15) is 5.82 Å². The summed E-state index contributed by atoms with van der Waals surface area (Å²) in [5.74, 6) is 1.43. The second kappa shape index (κ2) is 14.7. The third kappa shape index (κ3) is 8.85. The van der Waals surface area contributed by atoms with Crippen molar-refractivity contribution in [3.8, 4) is 0 Å². The summed E-state index contributed by atoms with van der Waals surface area (Å²) in [4.78, 5) is 6.30. The lowest BCUT2D eigenvalue weighted by molar-refractivity contribution is 0.0965. The van der Waals surface area contributed by atoms with Crippen molar-refractivity contribution in [2.75, 3.05) is 46.3 Å². The second-order valence-electron chi connectivity index (χ2n) is 10.0. The molecule has 0 amide bonds. The van der Waals surface area contributed by atoms with E-state index in [0.717, 1.165) is 69.3 Å². The number of likely N-dealkylation sites (tertiary alicyclic amines) is 1.